The number of nitrogens with zero attached hydrogens (tertiary/aromatic N) is 4. The maximum Gasteiger partial charge on any atom is 0.258 e. The Hall–Kier alpha value is -3.19. The second-order valence-electron chi connectivity index (χ2n) is 6.17. The molecule has 4 rings (SSSR count). The van der Waals surface area contributed by atoms with E-state index in [1.54, 1.807) is 10.9 Å². The Balaban J connectivity index is 1.68. The molecule has 1 aromatic carbocycles. The highest BCUT2D eigenvalue weighted by atomic mass is 35.5. The quantitative estimate of drug-likeness (QED) is 0.577. The number of amides is 1. The van der Waals surface area contributed by atoms with Crippen molar-refractivity contribution in [3.8, 4) is 0 Å². The normalized spacial score (nSPS) is 11.1. The topological polar surface area (TPSA) is 85.8 Å². The highest BCUT2D eigenvalue weighted by Gasteiger charge is 2.20. The van der Waals surface area contributed by atoms with Crippen LogP contribution < -0.4 is 5.32 Å². The molecule has 0 atom stereocenters. The summed E-state index contributed by atoms with van der Waals surface area (Å²) >= 11 is 6.54. The third-order valence-corrected chi connectivity index (χ3v) is 4.59. The van der Waals surface area contributed by atoms with Crippen LogP contribution in [0.2, 0.25) is 5.02 Å². The Morgan fingerprint density at radius 3 is 2.70 bits per heavy atom. The van der Waals surface area contributed by atoms with Crippen LogP contribution in [0, 0.1) is 13.8 Å². The molecule has 7 nitrogen and oxygen atoms in total. The first-order valence-electron chi connectivity index (χ1n) is 8.31. The highest BCUT2D eigenvalue weighted by Crippen LogP contribution is 2.29. The number of oxazole rings is 1. The third kappa shape index (κ3) is 3.29. The molecule has 3 aromatic heterocycles. The molecule has 0 aliphatic heterocycles. The van der Waals surface area contributed by atoms with Crippen LogP contribution in [0.15, 0.2) is 47.3 Å². The summed E-state index contributed by atoms with van der Waals surface area (Å²) in [6.45, 7) is 4.14. The summed E-state index contributed by atoms with van der Waals surface area (Å²) in [7, 11) is 0. The number of benzene rings is 1. The van der Waals surface area contributed by atoms with Crippen molar-refractivity contribution in [2.45, 2.75) is 20.4 Å². The van der Waals surface area contributed by atoms with Crippen LogP contribution in [-0.2, 0) is 6.54 Å². The van der Waals surface area contributed by atoms with Gasteiger partial charge in [-0.15, -0.1) is 0 Å². The van der Waals surface area contributed by atoms with Gasteiger partial charge in [0.15, 0.2) is 5.65 Å². The molecule has 0 bridgehead atoms. The SMILES string of the molecule is Cc1ccc(NC(=O)c2cnc3c(c(C)nn3Cc3ncco3)c2Cl)cc1. The van der Waals surface area contributed by atoms with E-state index in [-0.39, 0.29) is 5.91 Å². The van der Waals surface area contributed by atoms with Crippen LogP contribution >= 0.6 is 11.6 Å². The fraction of sp³-hybridized carbons (Fsp3) is 0.158. The number of pyridine rings is 1. The van der Waals surface area contributed by atoms with E-state index in [9.17, 15) is 4.79 Å². The van der Waals surface area contributed by atoms with Gasteiger partial charge in [-0.05, 0) is 26.0 Å². The van der Waals surface area contributed by atoms with Crippen molar-refractivity contribution in [3.05, 3.63) is 70.7 Å². The average Bonchev–Trinajstić information content (AvgIpc) is 3.26. The van der Waals surface area contributed by atoms with Crippen LogP contribution in [0.5, 0.6) is 0 Å². The minimum atomic E-state index is -0.321. The molecule has 136 valence electrons. The van der Waals surface area contributed by atoms with Gasteiger partial charge in [-0.25, -0.2) is 14.6 Å². The van der Waals surface area contributed by atoms with E-state index in [0.29, 0.717) is 45.4 Å². The van der Waals surface area contributed by atoms with E-state index in [0.717, 1.165) is 5.56 Å². The van der Waals surface area contributed by atoms with Crippen molar-refractivity contribution in [1.29, 1.82) is 0 Å². The largest absolute Gasteiger partial charge is 0.447 e. The number of nitrogens with one attached hydrogen (secondary N) is 1. The lowest BCUT2D eigenvalue weighted by Gasteiger charge is -2.08. The maximum absolute atomic E-state index is 12.7. The van der Waals surface area contributed by atoms with E-state index in [4.69, 9.17) is 16.0 Å². The molecule has 4 aromatic rings. The molecule has 0 fully saturated rings. The number of fused-ring (bicyclic) bond motifs is 1. The number of aromatic nitrogens is 4. The fourth-order valence-electron chi connectivity index (χ4n) is 2.84. The standard InChI is InChI=1S/C19H16ClN5O2/c1-11-3-5-13(6-4-11)23-19(26)14-9-22-18-16(17(14)20)12(2)24-25(18)10-15-21-7-8-27-15/h3-9H,10H2,1-2H3,(H,23,26). The number of carbonyl (C=O) groups is 1. The highest BCUT2D eigenvalue weighted by molar-refractivity contribution is 6.39. The predicted octanol–water partition coefficient (Wildman–Crippen LogP) is 3.99. The van der Waals surface area contributed by atoms with Crippen molar-refractivity contribution in [3.63, 3.8) is 0 Å². The molecule has 0 aliphatic rings. The Morgan fingerprint density at radius 2 is 2.00 bits per heavy atom. The second kappa shape index (κ2) is 6.85. The molecule has 8 heteroatoms. The first-order chi connectivity index (χ1) is 13.0. The van der Waals surface area contributed by atoms with Gasteiger partial charge in [0, 0.05) is 11.9 Å². The average molecular weight is 382 g/mol. The lowest BCUT2D eigenvalue weighted by molar-refractivity contribution is 0.102. The monoisotopic (exact) mass is 381 g/mol. The van der Waals surface area contributed by atoms with E-state index in [1.807, 2.05) is 38.1 Å². The Labute approximate surface area is 160 Å². The van der Waals surface area contributed by atoms with E-state index in [1.165, 1.54) is 12.5 Å². The van der Waals surface area contributed by atoms with Crippen molar-refractivity contribution in [1.82, 2.24) is 19.7 Å². The van der Waals surface area contributed by atoms with Gasteiger partial charge in [-0.2, -0.15) is 5.10 Å². The number of halogens is 1. The summed E-state index contributed by atoms with van der Waals surface area (Å²) in [5.74, 6) is 0.191. The minimum absolute atomic E-state index is 0.295. The summed E-state index contributed by atoms with van der Waals surface area (Å²) in [5, 5.41) is 8.25. The van der Waals surface area contributed by atoms with E-state index in [2.05, 4.69) is 20.4 Å². The molecule has 0 spiro atoms. The van der Waals surface area contributed by atoms with Gasteiger partial charge in [0.2, 0.25) is 5.89 Å². The number of rotatable bonds is 4. The third-order valence-electron chi connectivity index (χ3n) is 4.20. The van der Waals surface area contributed by atoms with Crippen LogP contribution in [0.4, 0.5) is 5.69 Å². The van der Waals surface area contributed by atoms with Gasteiger partial charge in [-0.1, -0.05) is 29.3 Å². The van der Waals surface area contributed by atoms with Gasteiger partial charge in [0.1, 0.15) is 12.8 Å². The van der Waals surface area contributed by atoms with E-state index < -0.39 is 0 Å². The number of carbonyl (C=O) groups excluding carboxylic acids is 1. The molecule has 0 saturated carbocycles. The second-order valence-corrected chi connectivity index (χ2v) is 6.55. The zero-order valence-electron chi connectivity index (χ0n) is 14.7. The summed E-state index contributed by atoms with van der Waals surface area (Å²) < 4.78 is 6.92. The van der Waals surface area contributed by atoms with Gasteiger partial charge in [0.25, 0.3) is 5.91 Å². The maximum atomic E-state index is 12.7. The number of anilines is 1. The van der Waals surface area contributed by atoms with Gasteiger partial charge >= 0.3 is 0 Å². The van der Waals surface area contributed by atoms with Crippen LogP contribution in [0.1, 0.15) is 27.5 Å². The van der Waals surface area contributed by atoms with Gasteiger partial charge in [-0.3, -0.25) is 4.79 Å². The van der Waals surface area contributed by atoms with Crippen LogP contribution in [-0.4, -0.2) is 25.7 Å². The zero-order valence-corrected chi connectivity index (χ0v) is 15.5. The minimum Gasteiger partial charge on any atom is -0.447 e. The first-order valence-corrected chi connectivity index (χ1v) is 8.68. The smallest absolute Gasteiger partial charge is 0.258 e. The van der Waals surface area contributed by atoms with Crippen LogP contribution in [0.3, 0.4) is 0 Å². The van der Waals surface area contributed by atoms with Gasteiger partial charge in [0.05, 0.1) is 27.9 Å². The summed E-state index contributed by atoms with van der Waals surface area (Å²) in [6.07, 6.45) is 4.53. The molecule has 0 saturated heterocycles. The van der Waals surface area contributed by atoms with Crippen molar-refractivity contribution in [2.24, 2.45) is 0 Å². The molecule has 1 amide bonds. The molecule has 0 unspecified atom stereocenters. The molecular weight excluding hydrogens is 366 g/mol. The van der Waals surface area contributed by atoms with Crippen LogP contribution in [0.25, 0.3) is 11.0 Å². The Morgan fingerprint density at radius 1 is 1.22 bits per heavy atom. The molecule has 3 heterocycles. The Bertz CT molecular complexity index is 1120. The fourth-order valence-corrected chi connectivity index (χ4v) is 3.19. The molecule has 0 aliphatic carbocycles. The molecule has 1 N–H and O–H groups in total. The summed E-state index contributed by atoms with van der Waals surface area (Å²) in [5.41, 5.74) is 3.35. The zero-order chi connectivity index (χ0) is 19.0. The molecular formula is C19H16ClN5O2. The van der Waals surface area contributed by atoms with Gasteiger partial charge < -0.3 is 9.73 Å². The van der Waals surface area contributed by atoms with Crippen molar-refractivity contribution < 1.29 is 9.21 Å². The van der Waals surface area contributed by atoms with Crippen molar-refractivity contribution >= 4 is 34.2 Å². The Kier molecular flexibility index (Phi) is 4.37. The number of aryl methyl sites for hydroxylation is 2. The number of hydrogen-bond acceptors (Lipinski definition) is 5. The van der Waals surface area contributed by atoms with Crippen molar-refractivity contribution in [2.75, 3.05) is 5.32 Å². The summed E-state index contributed by atoms with van der Waals surface area (Å²) in [4.78, 5) is 21.2. The number of hydrogen-bond donors (Lipinski definition) is 1. The summed E-state index contributed by atoms with van der Waals surface area (Å²) in [6, 6.07) is 7.53. The lowest BCUT2D eigenvalue weighted by atomic mass is 10.2. The first kappa shape index (κ1) is 17.2. The van der Waals surface area contributed by atoms with E-state index >= 15 is 0 Å². The lowest BCUT2D eigenvalue weighted by Crippen LogP contribution is -2.13. The molecule has 0 radical (unpaired) electrons. The predicted molar refractivity (Wildman–Crippen MR) is 102 cm³/mol. The molecule has 27 heavy (non-hydrogen) atoms.